The van der Waals surface area contributed by atoms with E-state index < -0.39 is 12.2 Å². The lowest BCUT2D eigenvalue weighted by Crippen LogP contribution is -2.22. The van der Waals surface area contributed by atoms with Crippen molar-refractivity contribution in [2.75, 3.05) is 13.1 Å². The lowest BCUT2D eigenvalue weighted by molar-refractivity contribution is 0.0572. The Balaban J connectivity index is 1.93. The number of aliphatic hydroxyl groups excluding tert-OH is 2. The third-order valence-electron chi connectivity index (χ3n) is 2.37. The zero-order valence-corrected chi connectivity index (χ0v) is 8.04. The fraction of sp³-hybridized carbons (Fsp3) is 0.750. The van der Waals surface area contributed by atoms with Crippen molar-refractivity contribution in [2.45, 2.75) is 18.8 Å². The van der Waals surface area contributed by atoms with Crippen LogP contribution in [0.15, 0.2) is 6.20 Å². The molecular formula is C8H14N4O2. The van der Waals surface area contributed by atoms with Crippen LogP contribution in [0.4, 0.5) is 0 Å². The molecule has 0 aliphatic carbocycles. The molecule has 2 unspecified atom stereocenters. The van der Waals surface area contributed by atoms with Gasteiger partial charge in [0.05, 0.1) is 17.9 Å². The average Bonchev–Trinajstić information content (AvgIpc) is 2.62. The molecule has 2 rings (SSSR count). The smallest absolute Gasteiger partial charge is 0.0967 e. The molecule has 0 radical (unpaired) electrons. The first-order chi connectivity index (χ1) is 6.65. The van der Waals surface area contributed by atoms with Crippen molar-refractivity contribution in [3.63, 3.8) is 0 Å². The van der Waals surface area contributed by atoms with Crippen LogP contribution in [0, 0.1) is 0 Å². The van der Waals surface area contributed by atoms with Gasteiger partial charge in [0.25, 0.3) is 0 Å². The number of aromatic nitrogens is 3. The highest BCUT2D eigenvalue weighted by Gasteiger charge is 2.29. The van der Waals surface area contributed by atoms with Gasteiger partial charge < -0.3 is 10.2 Å². The van der Waals surface area contributed by atoms with Crippen LogP contribution in [0.3, 0.4) is 0 Å². The van der Waals surface area contributed by atoms with Crippen LogP contribution in [0.5, 0.6) is 0 Å². The Kier molecular flexibility index (Phi) is 2.49. The molecule has 0 saturated carbocycles. The first-order valence-electron chi connectivity index (χ1n) is 4.59. The van der Waals surface area contributed by atoms with Gasteiger partial charge in [-0.05, 0) is 0 Å². The molecule has 0 aromatic carbocycles. The van der Waals surface area contributed by atoms with Crippen LogP contribution in [0.25, 0.3) is 0 Å². The number of nitrogens with zero attached hydrogens (tertiary/aromatic N) is 4. The maximum atomic E-state index is 9.32. The van der Waals surface area contributed by atoms with E-state index in [-0.39, 0.29) is 0 Å². The highest BCUT2D eigenvalue weighted by Crippen LogP contribution is 2.12. The molecule has 2 atom stereocenters. The minimum Gasteiger partial charge on any atom is -0.389 e. The minimum atomic E-state index is -0.633. The number of aliphatic hydroxyl groups is 2. The number of likely N-dealkylation sites (tertiary alicyclic amines) is 1. The van der Waals surface area contributed by atoms with E-state index in [4.69, 9.17) is 0 Å². The summed E-state index contributed by atoms with van der Waals surface area (Å²) in [5.74, 6) is 0. The number of β-amino-alcohol motifs (C(OH)–C–C–N with tert-alkyl or cyclic N) is 2. The maximum Gasteiger partial charge on any atom is 0.0967 e. The minimum absolute atomic E-state index is 0.498. The van der Waals surface area contributed by atoms with Crippen LogP contribution in [0.2, 0.25) is 0 Å². The van der Waals surface area contributed by atoms with E-state index in [1.807, 2.05) is 18.1 Å². The van der Waals surface area contributed by atoms with Gasteiger partial charge in [-0.2, -0.15) is 0 Å². The van der Waals surface area contributed by atoms with Crippen molar-refractivity contribution in [2.24, 2.45) is 7.05 Å². The Hall–Kier alpha value is -0.980. The monoisotopic (exact) mass is 198 g/mol. The highest BCUT2D eigenvalue weighted by atomic mass is 16.3. The molecule has 1 saturated heterocycles. The van der Waals surface area contributed by atoms with E-state index in [2.05, 4.69) is 10.3 Å². The maximum absolute atomic E-state index is 9.32. The second-order valence-electron chi connectivity index (χ2n) is 3.71. The molecule has 6 heteroatoms. The first kappa shape index (κ1) is 9.57. The third-order valence-corrected chi connectivity index (χ3v) is 2.37. The normalized spacial score (nSPS) is 28.5. The van der Waals surface area contributed by atoms with Gasteiger partial charge in [0.15, 0.2) is 0 Å². The van der Waals surface area contributed by atoms with Gasteiger partial charge in [0.1, 0.15) is 0 Å². The molecule has 6 nitrogen and oxygen atoms in total. The molecule has 0 amide bonds. The van der Waals surface area contributed by atoms with Crippen LogP contribution in [-0.2, 0) is 13.6 Å². The Morgan fingerprint density at radius 3 is 2.57 bits per heavy atom. The molecular weight excluding hydrogens is 184 g/mol. The summed E-state index contributed by atoms with van der Waals surface area (Å²) in [5, 5.41) is 26.4. The number of hydrogen-bond acceptors (Lipinski definition) is 5. The second kappa shape index (κ2) is 3.64. The summed E-state index contributed by atoms with van der Waals surface area (Å²) in [6, 6.07) is 0. The molecule has 14 heavy (non-hydrogen) atoms. The molecule has 2 N–H and O–H groups in total. The van der Waals surface area contributed by atoms with Crippen LogP contribution < -0.4 is 0 Å². The fourth-order valence-corrected chi connectivity index (χ4v) is 1.67. The summed E-state index contributed by atoms with van der Waals surface area (Å²) in [6.07, 6.45) is 0.565. The number of rotatable bonds is 2. The molecule has 1 aliphatic rings. The SMILES string of the molecule is Cn1cc(CN2CC(O)C(O)C2)nn1. The number of aryl methyl sites for hydroxylation is 1. The van der Waals surface area contributed by atoms with Crippen molar-refractivity contribution in [3.8, 4) is 0 Å². The van der Waals surface area contributed by atoms with Crippen molar-refractivity contribution < 1.29 is 10.2 Å². The van der Waals surface area contributed by atoms with Crippen LogP contribution in [0.1, 0.15) is 5.69 Å². The van der Waals surface area contributed by atoms with Gasteiger partial charge >= 0.3 is 0 Å². The lowest BCUT2D eigenvalue weighted by atomic mass is 10.3. The molecule has 1 aromatic heterocycles. The third kappa shape index (κ3) is 1.92. The van der Waals surface area contributed by atoms with Crippen LogP contribution in [-0.4, -0.2) is 55.4 Å². The summed E-state index contributed by atoms with van der Waals surface area (Å²) in [7, 11) is 1.81. The number of hydrogen-bond donors (Lipinski definition) is 2. The molecule has 0 spiro atoms. The van der Waals surface area contributed by atoms with E-state index >= 15 is 0 Å². The quantitative estimate of drug-likeness (QED) is 0.595. The lowest BCUT2D eigenvalue weighted by Gasteiger charge is -2.11. The Labute approximate surface area is 81.8 Å². The van der Waals surface area contributed by atoms with Gasteiger partial charge in [-0.3, -0.25) is 9.58 Å². The Bertz CT molecular complexity index is 304. The average molecular weight is 198 g/mol. The van der Waals surface area contributed by atoms with Crippen molar-refractivity contribution in [3.05, 3.63) is 11.9 Å². The fourth-order valence-electron chi connectivity index (χ4n) is 1.67. The summed E-state index contributed by atoms with van der Waals surface area (Å²) in [5.41, 5.74) is 0.855. The Morgan fingerprint density at radius 1 is 1.43 bits per heavy atom. The molecule has 78 valence electrons. The molecule has 0 bridgehead atoms. The van der Waals surface area contributed by atoms with E-state index in [0.29, 0.717) is 19.6 Å². The molecule has 2 heterocycles. The summed E-state index contributed by atoms with van der Waals surface area (Å²) < 4.78 is 1.64. The predicted molar refractivity (Wildman–Crippen MR) is 48.3 cm³/mol. The van der Waals surface area contributed by atoms with Crippen molar-refractivity contribution in [1.82, 2.24) is 19.9 Å². The van der Waals surface area contributed by atoms with Gasteiger partial charge in [-0.1, -0.05) is 5.21 Å². The van der Waals surface area contributed by atoms with Gasteiger partial charge in [0, 0.05) is 32.9 Å². The summed E-state index contributed by atoms with van der Waals surface area (Å²) in [6.45, 7) is 1.62. The van der Waals surface area contributed by atoms with E-state index in [0.717, 1.165) is 5.69 Å². The Morgan fingerprint density at radius 2 is 2.07 bits per heavy atom. The summed E-state index contributed by atoms with van der Waals surface area (Å²) in [4.78, 5) is 1.96. The van der Waals surface area contributed by atoms with Gasteiger partial charge in [-0.25, -0.2) is 0 Å². The molecule has 1 aromatic rings. The zero-order valence-electron chi connectivity index (χ0n) is 8.04. The second-order valence-corrected chi connectivity index (χ2v) is 3.71. The molecule has 1 aliphatic heterocycles. The topological polar surface area (TPSA) is 74.4 Å². The zero-order chi connectivity index (χ0) is 10.1. The molecule has 1 fully saturated rings. The van der Waals surface area contributed by atoms with Crippen molar-refractivity contribution in [1.29, 1.82) is 0 Å². The first-order valence-corrected chi connectivity index (χ1v) is 4.59. The van der Waals surface area contributed by atoms with E-state index in [1.54, 1.807) is 4.68 Å². The van der Waals surface area contributed by atoms with E-state index in [9.17, 15) is 10.2 Å². The predicted octanol–water partition coefficient (Wildman–Crippen LogP) is -1.65. The summed E-state index contributed by atoms with van der Waals surface area (Å²) >= 11 is 0. The van der Waals surface area contributed by atoms with Gasteiger partial charge in [0.2, 0.25) is 0 Å². The largest absolute Gasteiger partial charge is 0.389 e. The van der Waals surface area contributed by atoms with Gasteiger partial charge in [-0.15, -0.1) is 5.10 Å². The van der Waals surface area contributed by atoms with E-state index in [1.165, 1.54) is 0 Å². The van der Waals surface area contributed by atoms with Crippen molar-refractivity contribution >= 4 is 0 Å². The van der Waals surface area contributed by atoms with Crippen LogP contribution >= 0.6 is 0 Å². The highest BCUT2D eigenvalue weighted by molar-refractivity contribution is 4.94. The standard InChI is InChI=1S/C8H14N4O2/c1-11-2-6(9-10-11)3-12-4-7(13)8(14)5-12/h2,7-8,13-14H,3-5H2,1H3.